The van der Waals surface area contributed by atoms with Crippen molar-refractivity contribution in [2.45, 2.75) is 0 Å². The number of ether oxygens (including phenoxy) is 1. The van der Waals surface area contributed by atoms with Crippen molar-refractivity contribution in [2.75, 3.05) is 39.3 Å². The standard InChI is InChI=1S/C12H17FN2O/c13-11-2-1-3-12(10-11)16-9-8-15-6-4-14-5-7-15/h1-3,10,14H,4-9H2. The highest BCUT2D eigenvalue weighted by Gasteiger charge is 2.08. The first-order valence-corrected chi connectivity index (χ1v) is 5.66. The minimum atomic E-state index is -0.250. The summed E-state index contributed by atoms with van der Waals surface area (Å²) in [7, 11) is 0. The molecule has 0 amide bonds. The van der Waals surface area contributed by atoms with E-state index >= 15 is 0 Å². The Morgan fingerprint density at radius 3 is 2.88 bits per heavy atom. The number of nitrogens with zero attached hydrogens (tertiary/aromatic N) is 1. The second-order valence-electron chi connectivity index (χ2n) is 3.90. The van der Waals surface area contributed by atoms with E-state index in [2.05, 4.69) is 10.2 Å². The summed E-state index contributed by atoms with van der Waals surface area (Å²) in [6, 6.07) is 6.28. The van der Waals surface area contributed by atoms with Crippen LogP contribution in [0.1, 0.15) is 0 Å². The van der Waals surface area contributed by atoms with Gasteiger partial charge in [0.2, 0.25) is 0 Å². The molecular weight excluding hydrogens is 207 g/mol. The SMILES string of the molecule is Fc1cccc(OCCN2CCNCC2)c1. The molecule has 2 rings (SSSR count). The van der Waals surface area contributed by atoms with Gasteiger partial charge < -0.3 is 10.1 Å². The smallest absolute Gasteiger partial charge is 0.126 e. The van der Waals surface area contributed by atoms with Gasteiger partial charge in [-0.05, 0) is 12.1 Å². The molecule has 1 aromatic rings. The summed E-state index contributed by atoms with van der Waals surface area (Å²) < 4.78 is 18.3. The van der Waals surface area contributed by atoms with Crippen molar-refractivity contribution in [1.29, 1.82) is 0 Å². The van der Waals surface area contributed by atoms with Crippen molar-refractivity contribution in [3.63, 3.8) is 0 Å². The van der Waals surface area contributed by atoms with Crippen LogP contribution in [0.2, 0.25) is 0 Å². The number of benzene rings is 1. The van der Waals surface area contributed by atoms with E-state index in [4.69, 9.17) is 4.74 Å². The van der Waals surface area contributed by atoms with Gasteiger partial charge in [0.25, 0.3) is 0 Å². The molecule has 1 fully saturated rings. The largest absolute Gasteiger partial charge is 0.492 e. The second-order valence-corrected chi connectivity index (χ2v) is 3.90. The third-order valence-electron chi connectivity index (χ3n) is 2.68. The molecule has 0 unspecified atom stereocenters. The third kappa shape index (κ3) is 3.47. The average Bonchev–Trinajstić information content (AvgIpc) is 2.30. The lowest BCUT2D eigenvalue weighted by Crippen LogP contribution is -2.44. The molecule has 88 valence electrons. The molecule has 0 atom stereocenters. The summed E-state index contributed by atoms with van der Waals surface area (Å²) in [4.78, 5) is 2.34. The van der Waals surface area contributed by atoms with E-state index in [9.17, 15) is 4.39 Å². The van der Waals surface area contributed by atoms with Crippen LogP contribution < -0.4 is 10.1 Å². The predicted molar refractivity (Wildman–Crippen MR) is 61.2 cm³/mol. The molecule has 1 aliphatic heterocycles. The van der Waals surface area contributed by atoms with Crippen LogP contribution in [0.15, 0.2) is 24.3 Å². The maximum Gasteiger partial charge on any atom is 0.126 e. The minimum Gasteiger partial charge on any atom is -0.492 e. The molecule has 0 spiro atoms. The molecule has 0 aromatic heterocycles. The number of hydrogen-bond donors (Lipinski definition) is 1. The van der Waals surface area contributed by atoms with E-state index in [1.807, 2.05) is 0 Å². The molecule has 1 saturated heterocycles. The monoisotopic (exact) mass is 224 g/mol. The quantitative estimate of drug-likeness (QED) is 0.829. The van der Waals surface area contributed by atoms with E-state index in [0.29, 0.717) is 12.4 Å². The Kier molecular flexibility index (Phi) is 4.13. The van der Waals surface area contributed by atoms with Crippen molar-refractivity contribution >= 4 is 0 Å². The van der Waals surface area contributed by atoms with Crippen LogP contribution in [0.4, 0.5) is 4.39 Å². The van der Waals surface area contributed by atoms with E-state index in [1.54, 1.807) is 12.1 Å². The molecule has 1 aromatic carbocycles. The zero-order chi connectivity index (χ0) is 11.2. The summed E-state index contributed by atoms with van der Waals surface area (Å²) in [6.45, 7) is 5.72. The molecular formula is C12H17FN2O. The van der Waals surface area contributed by atoms with Crippen LogP contribution >= 0.6 is 0 Å². The lowest BCUT2D eigenvalue weighted by atomic mass is 10.3. The molecule has 1 N–H and O–H groups in total. The van der Waals surface area contributed by atoms with Gasteiger partial charge >= 0.3 is 0 Å². The Morgan fingerprint density at radius 2 is 2.12 bits per heavy atom. The molecule has 0 bridgehead atoms. The van der Waals surface area contributed by atoms with E-state index in [0.717, 1.165) is 32.7 Å². The second kappa shape index (κ2) is 5.82. The van der Waals surface area contributed by atoms with Crippen LogP contribution in [-0.4, -0.2) is 44.2 Å². The van der Waals surface area contributed by atoms with Crippen molar-refractivity contribution < 1.29 is 9.13 Å². The molecule has 1 aliphatic rings. The van der Waals surface area contributed by atoms with Gasteiger partial charge in [-0.2, -0.15) is 0 Å². The van der Waals surface area contributed by atoms with Crippen molar-refractivity contribution in [3.05, 3.63) is 30.1 Å². The number of halogens is 1. The summed E-state index contributed by atoms with van der Waals surface area (Å²) in [6.07, 6.45) is 0. The van der Waals surface area contributed by atoms with Crippen molar-refractivity contribution in [3.8, 4) is 5.75 Å². The number of rotatable bonds is 4. The van der Waals surface area contributed by atoms with Gasteiger partial charge in [-0.3, -0.25) is 4.90 Å². The highest BCUT2D eigenvalue weighted by Crippen LogP contribution is 2.11. The van der Waals surface area contributed by atoms with Crippen molar-refractivity contribution in [1.82, 2.24) is 10.2 Å². The topological polar surface area (TPSA) is 24.5 Å². The number of nitrogens with one attached hydrogen (secondary N) is 1. The Hall–Kier alpha value is -1.13. The van der Waals surface area contributed by atoms with Gasteiger partial charge in [0.1, 0.15) is 18.2 Å². The summed E-state index contributed by atoms with van der Waals surface area (Å²) >= 11 is 0. The lowest BCUT2D eigenvalue weighted by molar-refractivity contribution is 0.191. The zero-order valence-corrected chi connectivity index (χ0v) is 9.29. The molecule has 0 radical (unpaired) electrons. The van der Waals surface area contributed by atoms with Gasteiger partial charge in [-0.25, -0.2) is 4.39 Å². The Balaban J connectivity index is 1.71. The van der Waals surface area contributed by atoms with Crippen LogP contribution in [0.5, 0.6) is 5.75 Å². The Bertz CT molecular complexity index is 327. The van der Waals surface area contributed by atoms with Gasteiger partial charge in [0.15, 0.2) is 0 Å². The first-order valence-electron chi connectivity index (χ1n) is 5.66. The van der Waals surface area contributed by atoms with Crippen LogP contribution in [0.25, 0.3) is 0 Å². The number of hydrogen-bond acceptors (Lipinski definition) is 3. The summed E-state index contributed by atoms with van der Waals surface area (Å²) in [5.41, 5.74) is 0. The van der Waals surface area contributed by atoms with Crippen LogP contribution in [0, 0.1) is 5.82 Å². The molecule has 3 nitrogen and oxygen atoms in total. The molecule has 16 heavy (non-hydrogen) atoms. The fourth-order valence-corrected chi connectivity index (χ4v) is 1.78. The third-order valence-corrected chi connectivity index (χ3v) is 2.68. The highest BCUT2D eigenvalue weighted by atomic mass is 19.1. The lowest BCUT2D eigenvalue weighted by Gasteiger charge is -2.26. The van der Waals surface area contributed by atoms with Crippen LogP contribution in [-0.2, 0) is 0 Å². The van der Waals surface area contributed by atoms with E-state index in [-0.39, 0.29) is 5.82 Å². The first-order chi connectivity index (χ1) is 7.84. The Morgan fingerprint density at radius 1 is 1.31 bits per heavy atom. The predicted octanol–water partition coefficient (Wildman–Crippen LogP) is 1.11. The molecule has 1 heterocycles. The van der Waals surface area contributed by atoms with E-state index in [1.165, 1.54) is 12.1 Å². The van der Waals surface area contributed by atoms with Crippen LogP contribution in [0.3, 0.4) is 0 Å². The fraction of sp³-hybridized carbons (Fsp3) is 0.500. The minimum absolute atomic E-state index is 0.250. The molecule has 4 heteroatoms. The van der Waals surface area contributed by atoms with Gasteiger partial charge in [-0.1, -0.05) is 6.07 Å². The average molecular weight is 224 g/mol. The first kappa shape index (κ1) is 11.4. The van der Waals surface area contributed by atoms with Gasteiger partial charge in [0, 0.05) is 38.8 Å². The number of piperazine rings is 1. The summed E-state index contributed by atoms with van der Waals surface area (Å²) in [5.74, 6) is 0.356. The maximum absolute atomic E-state index is 12.9. The van der Waals surface area contributed by atoms with E-state index < -0.39 is 0 Å². The van der Waals surface area contributed by atoms with Gasteiger partial charge in [-0.15, -0.1) is 0 Å². The normalized spacial score (nSPS) is 17.3. The summed E-state index contributed by atoms with van der Waals surface area (Å²) in [5, 5.41) is 3.30. The van der Waals surface area contributed by atoms with Gasteiger partial charge in [0.05, 0.1) is 0 Å². The fourth-order valence-electron chi connectivity index (χ4n) is 1.78. The zero-order valence-electron chi connectivity index (χ0n) is 9.29. The Labute approximate surface area is 95.2 Å². The maximum atomic E-state index is 12.9. The van der Waals surface area contributed by atoms with Crippen molar-refractivity contribution in [2.24, 2.45) is 0 Å². The molecule has 0 saturated carbocycles. The highest BCUT2D eigenvalue weighted by molar-refractivity contribution is 5.22. The molecule has 0 aliphatic carbocycles.